The Morgan fingerprint density at radius 2 is 1.67 bits per heavy atom. The molecule has 0 aliphatic carbocycles. The maximum Gasteiger partial charge on any atom is 0.120 e. The summed E-state index contributed by atoms with van der Waals surface area (Å²) in [5, 5.41) is 14.6. The monoisotopic (exact) mass is 323 g/mol. The largest absolute Gasteiger partial charge is 0.508 e. The van der Waals surface area contributed by atoms with Crippen LogP contribution in [0.4, 0.5) is 0 Å². The maximum absolute atomic E-state index is 9.99. The number of aromatic hydroxyl groups is 1. The average Bonchev–Trinajstić information content (AvgIpc) is 2.44. The molecule has 2 rings (SSSR count). The molecule has 0 amide bonds. The van der Waals surface area contributed by atoms with Gasteiger partial charge in [-0.25, -0.2) is 0 Å². The molecule has 2 aromatic carbocycles. The first-order valence-corrected chi connectivity index (χ1v) is 7.64. The van der Waals surface area contributed by atoms with Crippen LogP contribution in [0.15, 0.2) is 36.4 Å². The predicted octanol–water partition coefficient (Wildman–Crippen LogP) is 5.42. The van der Waals surface area contributed by atoms with Crippen molar-refractivity contribution in [1.82, 2.24) is 5.32 Å². The molecule has 0 radical (unpaired) electrons. The third kappa shape index (κ3) is 3.91. The molecule has 2 N–H and O–H groups in total. The van der Waals surface area contributed by atoms with Gasteiger partial charge >= 0.3 is 0 Å². The van der Waals surface area contributed by atoms with Gasteiger partial charge in [-0.1, -0.05) is 47.0 Å². The Bertz CT molecular complexity index is 643. The van der Waals surface area contributed by atoms with E-state index >= 15 is 0 Å². The minimum atomic E-state index is 0.0225. The van der Waals surface area contributed by atoms with Gasteiger partial charge < -0.3 is 10.4 Å². The molecule has 0 heterocycles. The smallest absolute Gasteiger partial charge is 0.120 e. The Hall–Kier alpha value is -1.22. The number of phenolic OH excluding ortho intramolecular Hbond substituents is 1. The minimum absolute atomic E-state index is 0.0225. The summed E-state index contributed by atoms with van der Waals surface area (Å²) in [5.41, 5.74) is 3.07. The van der Waals surface area contributed by atoms with E-state index in [-0.39, 0.29) is 12.1 Å². The first-order chi connectivity index (χ1) is 9.88. The Morgan fingerprint density at radius 1 is 0.952 bits per heavy atom. The highest BCUT2D eigenvalue weighted by molar-refractivity contribution is 6.42. The van der Waals surface area contributed by atoms with Gasteiger partial charge in [0.15, 0.2) is 0 Å². The Kier molecular flexibility index (Phi) is 5.15. The van der Waals surface area contributed by atoms with E-state index in [1.807, 2.05) is 38.1 Å². The number of phenols is 1. The van der Waals surface area contributed by atoms with E-state index in [1.165, 1.54) is 0 Å². The van der Waals surface area contributed by atoms with Crippen molar-refractivity contribution in [1.29, 1.82) is 0 Å². The molecule has 0 saturated heterocycles. The van der Waals surface area contributed by atoms with Crippen LogP contribution < -0.4 is 5.32 Å². The van der Waals surface area contributed by atoms with Crippen LogP contribution in [0.5, 0.6) is 5.75 Å². The second kappa shape index (κ2) is 6.69. The molecule has 0 aliphatic rings. The van der Waals surface area contributed by atoms with Gasteiger partial charge in [0.25, 0.3) is 0 Å². The summed E-state index contributed by atoms with van der Waals surface area (Å²) in [4.78, 5) is 0. The van der Waals surface area contributed by atoms with E-state index in [1.54, 1.807) is 12.1 Å². The van der Waals surface area contributed by atoms with Gasteiger partial charge in [0, 0.05) is 17.6 Å². The van der Waals surface area contributed by atoms with E-state index in [2.05, 4.69) is 12.2 Å². The lowest BCUT2D eigenvalue weighted by Crippen LogP contribution is -2.22. The summed E-state index contributed by atoms with van der Waals surface area (Å²) in [6, 6.07) is 11.4. The van der Waals surface area contributed by atoms with Crippen LogP contribution in [0.1, 0.15) is 42.6 Å². The summed E-state index contributed by atoms with van der Waals surface area (Å²) in [6.07, 6.45) is 0. The van der Waals surface area contributed by atoms with Crippen LogP contribution in [-0.4, -0.2) is 5.11 Å². The van der Waals surface area contributed by atoms with Crippen molar-refractivity contribution in [3.8, 4) is 5.75 Å². The van der Waals surface area contributed by atoms with Crippen LogP contribution in [0.25, 0.3) is 0 Å². The van der Waals surface area contributed by atoms with Crippen molar-refractivity contribution < 1.29 is 5.11 Å². The van der Waals surface area contributed by atoms with Crippen molar-refractivity contribution >= 4 is 23.2 Å². The summed E-state index contributed by atoms with van der Waals surface area (Å²) >= 11 is 12.0. The van der Waals surface area contributed by atoms with E-state index in [0.717, 1.165) is 16.7 Å². The minimum Gasteiger partial charge on any atom is -0.508 e. The third-order valence-electron chi connectivity index (χ3n) is 3.59. The van der Waals surface area contributed by atoms with Gasteiger partial charge in [-0.05, 0) is 44.5 Å². The van der Waals surface area contributed by atoms with Crippen LogP contribution in [0.2, 0.25) is 10.0 Å². The van der Waals surface area contributed by atoms with Gasteiger partial charge in [-0.3, -0.25) is 0 Å². The van der Waals surface area contributed by atoms with E-state index in [4.69, 9.17) is 23.2 Å². The number of nitrogens with one attached hydrogen (secondary N) is 1. The van der Waals surface area contributed by atoms with Gasteiger partial charge in [0.1, 0.15) is 5.75 Å². The standard InChI is InChI=1S/C17H19Cl2NO/c1-10-4-7-17(21)14(8-10)12(3)20-11(2)13-5-6-15(18)16(19)9-13/h4-9,11-12,20-21H,1-3H3. The molecule has 21 heavy (non-hydrogen) atoms. The molecule has 0 spiro atoms. The van der Waals surface area contributed by atoms with Crippen molar-refractivity contribution in [2.24, 2.45) is 0 Å². The van der Waals surface area contributed by atoms with Crippen molar-refractivity contribution in [2.75, 3.05) is 0 Å². The molecule has 0 fully saturated rings. The Labute approximate surface area is 135 Å². The van der Waals surface area contributed by atoms with Gasteiger partial charge in [-0.15, -0.1) is 0 Å². The highest BCUT2D eigenvalue weighted by atomic mass is 35.5. The second-order valence-electron chi connectivity index (χ2n) is 5.35. The summed E-state index contributed by atoms with van der Waals surface area (Å²) in [6.45, 7) is 6.10. The number of rotatable bonds is 4. The van der Waals surface area contributed by atoms with Crippen LogP contribution in [-0.2, 0) is 0 Å². The number of benzene rings is 2. The van der Waals surface area contributed by atoms with Gasteiger partial charge in [0.2, 0.25) is 0 Å². The van der Waals surface area contributed by atoms with E-state index in [0.29, 0.717) is 15.8 Å². The molecule has 2 nitrogen and oxygen atoms in total. The molecule has 4 heteroatoms. The zero-order valence-electron chi connectivity index (χ0n) is 12.3. The molecule has 2 aromatic rings. The maximum atomic E-state index is 9.99. The topological polar surface area (TPSA) is 32.3 Å². The number of hydrogen-bond donors (Lipinski definition) is 2. The average molecular weight is 324 g/mol. The number of halogens is 2. The molecule has 112 valence electrons. The van der Waals surface area contributed by atoms with Crippen molar-refractivity contribution in [2.45, 2.75) is 32.9 Å². The fraction of sp³-hybridized carbons (Fsp3) is 0.294. The molecule has 2 unspecified atom stereocenters. The van der Waals surface area contributed by atoms with Crippen molar-refractivity contribution in [3.63, 3.8) is 0 Å². The Balaban J connectivity index is 2.16. The quantitative estimate of drug-likeness (QED) is 0.787. The number of hydrogen-bond acceptors (Lipinski definition) is 2. The summed E-state index contributed by atoms with van der Waals surface area (Å²) in [7, 11) is 0. The lowest BCUT2D eigenvalue weighted by molar-refractivity contribution is 0.438. The zero-order chi connectivity index (χ0) is 15.6. The third-order valence-corrected chi connectivity index (χ3v) is 4.33. The SMILES string of the molecule is Cc1ccc(O)c(C(C)NC(C)c2ccc(Cl)c(Cl)c2)c1. The van der Waals surface area contributed by atoms with Crippen LogP contribution in [0.3, 0.4) is 0 Å². The second-order valence-corrected chi connectivity index (χ2v) is 6.16. The molecule has 2 atom stereocenters. The fourth-order valence-electron chi connectivity index (χ4n) is 2.36. The molecular weight excluding hydrogens is 305 g/mol. The number of aryl methyl sites for hydroxylation is 1. The van der Waals surface area contributed by atoms with E-state index < -0.39 is 0 Å². The first-order valence-electron chi connectivity index (χ1n) is 6.89. The molecule has 0 bridgehead atoms. The van der Waals surface area contributed by atoms with Crippen LogP contribution in [0, 0.1) is 6.92 Å². The summed E-state index contributed by atoms with van der Waals surface area (Å²) < 4.78 is 0. The highest BCUT2D eigenvalue weighted by Crippen LogP contribution is 2.29. The van der Waals surface area contributed by atoms with Gasteiger partial charge in [0.05, 0.1) is 10.0 Å². The zero-order valence-corrected chi connectivity index (χ0v) is 13.8. The van der Waals surface area contributed by atoms with Crippen LogP contribution >= 0.6 is 23.2 Å². The van der Waals surface area contributed by atoms with Gasteiger partial charge in [-0.2, -0.15) is 0 Å². The molecule has 0 aliphatic heterocycles. The summed E-state index contributed by atoms with van der Waals surface area (Å²) in [5.74, 6) is 0.307. The van der Waals surface area contributed by atoms with E-state index in [9.17, 15) is 5.11 Å². The predicted molar refractivity (Wildman–Crippen MR) is 89.3 cm³/mol. The first kappa shape index (κ1) is 16.2. The lowest BCUT2D eigenvalue weighted by Gasteiger charge is -2.22. The van der Waals surface area contributed by atoms with Crippen molar-refractivity contribution in [3.05, 3.63) is 63.1 Å². The molecule has 0 saturated carbocycles. The fourth-order valence-corrected chi connectivity index (χ4v) is 2.67. The Morgan fingerprint density at radius 3 is 2.33 bits per heavy atom. The molecule has 0 aromatic heterocycles. The normalized spacial score (nSPS) is 14.0. The lowest BCUT2D eigenvalue weighted by atomic mass is 10.0. The highest BCUT2D eigenvalue weighted by Gasteiger charge is 2.15. The molecular formula is C17H19Cl2NO.